The third kappa shape index (κ3) is 2.78. The second-order valence-corrected chi connectivity index (χ2v) is 4.27. The van der Waals surface area contributed by atoms with Crippen molar-refractivity contribution in [3.63, 3.8) is 0 Å². The Morgan fingerprint density at radius 3 is 2.58 bits per heavy atom. The van der Waals surface area contributed by atoms with E-state index in [0.29, 0.717) is 5.56 Å². The fourth-order valence-corrected chi connectivity index (χ4v) is 1.84. The molecule has 0 aliphatic heterocycles. The number of halogens is 2. The Morgan fingerprint density at radius 2 is 2.00 bits per heavy atom. The van der Waals surface area contributed by atoms with E-state index >= 15 is 0 Å². The zero-order valence-corrected chi connectivity index (χ0v) is 10.4. The summed E-state index contributed by atoms with van der Waals surface area (Å²) >= 11 is 5.63. The van der Waals surface area contributed by atoms with Crippen LogP contribution in [-0.2, 0) is 0 Å². The highest BCUT2D eigenvalue weighted by molar-refractivity contribution is 6.30. The number of ketones is 1. The number of nitrogens with zero attached hydrogens (tertiary/aromatic N) is 2. The van der Waals surface area contributed by atoms with Gasteiger partial charge in [-0.15, -0.1) is 0 Å². The first-order valence-electron chi connectivity index (χ1n) is 5.42. The molecule has 1 unspecified atom stereocenters. The van der Waals surface area contributed by atoms with Gasteiger partial charge in [-0.3, -0.25) is 9.78 Å². The van der Waals surface area contributed by atoms with E-state index in [-0.39, 0.29) is 10.6 Å². The SMILES string of the molecule is N#CC(C(=O)c1ccc(Cl)cc1F)c1ccncc1. The van der Waals surface area contributed by atoms with Crippen molar-refractivity contribution < 1.29 is 9.18 Å². The topological polar surface area (TPSA) is 53.8 Å². The molecule has 0 radical (unpaired) electrons. The molecule has 0 amide bonds. The number of benzene rings is 1. The van der Waals surface area contributed by atoms with Crippen molar-refractivity contribution in [2.75, 3.05) is 0 Å². The van der Waals surface area contributed by atoms with Crippen LogP contribution < -0.4 is 0 Å². The lowest BCUT2D eigenvalue weighted by Crippen LogP contribution is -2.13. The highest BCUT2D eigenvalue weighted by atomic mass is 35.5. The first kappa shape index (κ1) is 13.2. The number of rotatable bonds is 3. The predicted molar refractivity (Wildman–Crippen MR) is 68.3 cm³/mol. The molecule has 0 spiro atoms. The standard InChI is InChI=1S/C14H8ClFN2O/c15-10-1-2-11(13(16)7-10)14(19)12(8-17)9-3-5-18-6-4-9/h1-7,12H. The zero-order valence-electron chi connectivity index (χ0n) is 9.68. The molecule has 0 fully saturated rings. The van der Waals surface area contributed by atoms with Gasteiger partial charge in [0.2, 0.25) is 0 Å². The number of carbonyl (C=O) groups is 1. The minimum Gasteiger partial charge on any atom is -0.292 e. The van der Waals surface area contributed by atoms with Crippen LogP contribution in [0.25, 0.3) is 0 Å². The Bertz CT molecular complexity index is 652. The molecule has 5 heteroatoms. The molecule has 94 valence electrons. The van der Waals surface area contributed by atoms with Crippen molar-refractivity contribution in [1.82, 2.24) is 4.98 Å². The molecule has 1 atom stereocenters. The maximum Gasteiger partial charge on any atom is 0.187 e. The fraction of sp³-hybridized carbons (Fsp3) is 0.0714. The summed E-state index contributed by atoms with van der Waals surface area (Å²) in [6, 6.07) is 8.74. The molecular weight excluding hydrogens is 267 g/mol. The van der Waals surface area contributed by atoms with E-state index in [1.807, 2.05) is 6.07 Å². The van der Waals surface area contributed by atoms with E-state index in [2.05, 4.69) is 4.98 Å². The van der Waals surface area contributed by atoms with E-state index in [1.54, 1.807) is 12.1 Å². The molecule has 0 N–H and O–H groups in total. The second kappa shape index (κ2) is 5.59. The van der Waals surface area contributed by atoms with Gasteiger partial charge in [-0.2, -0.15) is 5.26 Å². The van der Waals surface area contributed by atoms with Crippen LogP contribution in [0.3, 0.4) is 0 Å². The molecule has 0 bridgehead atoms. The minimum absolute atomic E-state index is 0.146. The molecule has 2 rings (SSSR count). The van der Waals surface area contributed by atoms with E-state index in [4.69, 9.17) is 16.9 Å². The van der Waals surface area contributed by atoms with Crippen LogP contribution in [-0.4, -0.2) is 10.8 Å². The lowest BCUT2D eigenvalue weighted by atomic mass is 9.92. The van der Waals surface area contributed by atoms with Crippen LogP contribution in [0.4, 0.5) is 4.39 Å². The van der Waals surface area contributed by atoms with Gasteiger partial charge in [0.05, 0.1) is 11.6 Å². The summed E-state index contributed by atoms with van der Waals surface area (Å²) in [5.41, 5.74) is 0.338. The summed E-state index contributed by atoms with van der Waals surface area (Å²) in [6.45, 7) is 0. The smallest absolute Gasteiger partial charge is 0.187 e. The summed E-state index contributed by atoms with van der Waals surface area (Å²) in [7, 11) is 0. The second-order valence-electron chi connectivity index (χ2n) is 3.83. The summed E-state index contributed by atoms with van der Waals surface area (Å²) in [6.07, 6.45) is 2.95. The first-order valence-corrected chi connectivity index (χ1v) is 5.80. The molecule has 1 heterocycles. The molecule has 1 aromatic heterocycles. The normalized spacial score (nSPS) is 11.6. The van der Waals surface area contributed by atoms with Crippen molar-refractivity contribution in [1.29, 1.82) is 5.26 Å². The number of carbonyl (C=O) groups excluding carboxylic acids is 1. The van der Waals surface area contributed by atoms with Crippen LogP contribution in [0.1, 0.15) is 21.8 Å². The maximum absolute atomic E-state index is 13.7. The summed E-state index contributed by atoms with van der Waals surface area (Å²) in [4.78, 5) is 16.0. The van der Waals surface area contributed by atoms with Crippen LogP contribution in [0.15, 0.2) is 42.7 Å². The Balaban J connectivity index is 2.40. The molecule has 2 aromatic rings. The van der Waals surface area contributed by atoms with Crippen LogP contribution in [0.5, 0.6) is 0 Å². The number of Topliss-reactive ketones (excluding diaryl/α,β-unsaturated/α-hetero) is 1. The Labute approximate surface area is 114 Å². The number of aromatic nitrogens is 1. The van der Waals surface area contributed by atoms with E-state index < -0.39 is 17.5 Å². The highest BCUT2D eigenvalue weighted by Gasteiger charge is 2.24. The van der Waals surface area contributed by atoms with Crippen molar-refractivity contribution in [2.45, 2.75) is 5.92 Å². The van der Waals surface area contributed by atoms with Crippen LogP contribution in [0.2, 0.25) is 5.02 Å². The maximum atomic E-state index is 13.7. The molecule has 1 aromatic carbocycles. The molecule has 19 heavy (non-hydrogen) atoms. The van der Waals surface area contributed by atoms with Gasteiger partial charge in [-0.1, -0.05) is 11.6 Å². The molecular formula is C14H8ClFN2O. The van der Waals surface area contributed by atoms with Crippen LogP contribution in [0, 0.1) is 17.1 Å². The Hall–Kier alpha value is -2.25. The molecule has 0 saturated carbocycles. The number of hydrogen-bond donors (Lipinski definition) is 0. The van der Waals surface area contributed by atoms with E-state index in [9.17, 15) is 9.18 Å². The van der Waals surface area contributed by atoms with Gasteiger partial charge in [0.1, 0.15) is 11.7 Å². The summed E-state index contributed by atoms with van der Waals surface area (Å²) < 4.78 is 13.7. The monoisotopic (exact) mass is 274 g/mol. The van der Waals surface area contributed by atoms with Gasteiger partial charge in [-0.25, -0.2) is 4.39 Å². The van der Waals surface area contributed by atoms with Crippen LogP contribution >= 0.6 is 11.6 Å². The molecule has 3 nitrogen and oxygen atoms in total. The van der Waals surface area contributed by atoms with E-state index in [0.717, 1.165) is 6.07 Å². The number of nitriles is 1. The molecule has 0 aliphatic rings. The highest BCUT2D eigenvalue weighted by Crippen LogP contribution is 2.23. The summed E-state index contributed by atoms with van der Waals surface area (Å²) in [5.74, 6) is -2.38. The first-order chi connectivity index (χ1) is 9.13. The van der Waals surface area contributed by atoms with Crippen molar-refractivity contribution in [3.8, 4) is 6.07 Å². The average Bonchev–Trinajstić information content (AvgIpc) is 2.40. The number of hydrogen-bond acceptors (Lipinski definition) is 3. The lowest BCUT2D eigenvalue weighted by molar-refractivity contribution is 0.0975. The zero-order chi connectivity index (χ0) is 13.8. The summed E-state index contributed by atoms with van der Waals surface area (Å²) in [5, 5.41) is 9.32. The van der Waals surface area contributed by atoms with Gasteiger partial charge >= 0.3 is 0 Å². The van der Waals surface area contributed by atoms with E-state index in [1.165, 1.54) is 24.5 Å². The Kier molecular flexibility index (Phi) is 3.88. The third-order valence-corrected chi connectivity index (χ3v) is 2.86. The fourth-order valence-electron chi connectivity index (χ4n) is 1.69. The van der Waals surface area contributed by atoms with Gasteiger partial charge in [0.25, 0.3) is 0 Å². The van der Waals surface area contributed by atoms with Gasteiger partial charge in [0.15, 0.2) is 5.78 Å². The van der Waals surface area contributed by atoms with Crippen molar-refractivity contribution in [3.05, 3.63) is 64.7 Å². The van der Waals surface area contributed by atoms with Gasteiger partial charge < -0.3 is 0 Å². The van der Waals surface area contributed by atoms with Crippen molar-refractivity contribution >= 4 is 17.4 Å². The predicted octanol–water partition coefficient (Wildman–Crippen LogP) is 3.36. The quantitative estimate of drug-likeness (QED) is 0.807. The lowest BCUT2D eigenvalue weighted by Gasteiger charge is -2.09. The minimum atomic E-state index is -1.06. The van der Waals surface area contributed by atoms with Gasteiger partial charge in [-0.05, 0) is 35.9 Å². The van der Waals surface area contributed by atoms with Crippen molar-refractivity contribution in [2.24, 2.45) is 0 Å². The third-order valence-electron chi connectivity index (χ3n) is 2.63. The average molecular weight is 275 g/mol. The largest absolute Gasteiger partial charge is 0.292 e. The van der Waals surface area contributed by atoms with Gasteiger partial charge in [0, 0.05) is 17.4 Å². The number of pyridine rings is 1. The molecule has 0 saturated heterocycles. The Morgan fingerprint density at radius 1 is 1.32 bits per heavy atom. The molecule has 0 aliphatic carbocycles.